The smallest absolute Gasteiger partial charge is 0.0587 e. The van der Waals surface area contributed by atoms with Gasteiger partial charge in [-0.25, -0.2) is 0 Å². The molecule has 0 aromatic carbocycles. The van der Waals surface area contributed by atoms with Crippen LogP contribution in [0.3, 0.4) is 0 Å². The topological polar surface area (TPSA) is 33.3 Å². The Kier molecular flexibility index (Phi) is 6.15. The summed E-state index contributed by atoms with van der Waals surface area (Å²) >= 11 is 0. The molecule has 0 aliphatic heterocycles. The molecule has 1 aliphatic rings. The highest BCUT2D eigenvalue weighted by Crippen LogP contribution is 2.34. The van der Waals surface area contributed by atoms with E-state index < -0.39 is 0 Å². The third kappa shape index (κ3) is 4.94. The van der Waals surface area contributed by atoms with Crippen molar-refractivity contribution in [3.05, 3.63) is 0 Å². The minimum Gasteiger partial charge on any atom is -0.383 e. The molecule has 1 saturated carbocycles. The lowest BCUT2D eigenvalue weighted by molar-refractivity contribution is 0.199. The maximum absolute atomic E-state index is 4.95. The van der Waals surface area contributed by atoms with E-state index in [-0.39, 0.29) is 0 Å². The molecule has 1 aliphatic carbocycles. The minimum atomic E-state index is 0.807. The molecular formula is C11H24N2O. The van der Waals surface area contributed by atoms with E-state index in [0.29, 0.717) is 0 Å². The van der Waals surface area contributed by atoms with Crippen molar-refractivity contribution in [1.29, 1.82) is 0 Å². The summed E-state index contributed by atoms with van der Waals surface area (Å²) in [6.07, 6.45) is 4.12. The van der Waals surface area contributed by atoms with Gasteiger partial charge < -0.3 is 15.4 Å². The molecule has 0 saturated heterocycles. The van der Waals surface area contributed by atoms with Crippen molar-refractivity contribution in [3.8, 4) is 0 Å². The first kappa shape index (κ1) is 12.0. The van der Waals surface area contributed by atoms with E-state index >= 15 is 0 Å². The molecule has 3 nitrogen and oxygen atoms in total. The average Bonchev–Trinajstić information content (AvgIpc) is 2.91. The third-order valence-electron chi connectivity index (χ3n) is 2.77. The highest BCUT2D eigenvalue weighted by atomic mass is 16.5. The average molecular weight is 200 g/mol. The normalized spacial score (nSPS) is 25.3. The summed E-state index contributed by atoms with van der Waals surface area (Å²) in [5.41, 5.74) is 0. The second-order valence-electron chi connectivity index (χ2n) is 4.09. The number of nitrogens with one attached hydrogen (secondary N) is 2. The fourth-order valence-electron chi connectivity index (χ4n) is 1.83. The van der Waals surface area contributed by atoms with E-state index in [2.05, 4.69) is 17.6 Å². The Hall–Kier alpha value is -0.120. The van der Waals surface area contributed by atoms with Crippen LogP contribution < -0.4 is 10.6 Å². The fraction of sp³-hybridized carbons (Fsp3) is 1.00. The summed E-state index contributed by atoms with van der Waals surface area (Å²) in [7, 11) is 1.74. The predicted molar refractivity (Wildman–Crippen MR) is 59.6 cm³/mol. The number of ether oxygens (including phenoxy) is 1. The lowest BCUT2D eigenvalue weighted by Gasteiger charge is -2.05. The molecule has 0 aromatic rings. The third-order valence-corrected chi connectivity index (χ3v) is 2.77. The summed E-state index contributed by atoms with van der Waals surface area (Å²) in [6, 6.07) is 0.819. The van der Waals surface area contributed by atoms with Crippen molar-refractivity contribution >= 4 is 0 Å². The second kappa shape index (κ2) is 7.21. The molecule has 0 amide bonds. The van der Waals surface area contributed by atoms with Crippen LogP contribution in [-0.2, 0) is 4.74 Å². The molecule has 0 spiro atoms. The first-order chi connectivity index (χ1) is 6.88. The van der Waals surface area contributed by atoms with Crippen LogP contribution in [0.1, 0.15) is 26.2 Å². The van der Waals surface area contributed by atoms with Gasteiger partial charge in [0.15, 0.2) is 0 Å². The van der Waals surface area contributed by atoms with Crippen molar-refractivity contribution in [2.24, 2.45) is 5.92 Å². The molecule has 1 rings (SSSR count). The van der Waals surface area contributed by atoms with Crippen molar-refractivity contribution < 1.29 is 4.74 Å². The first-order valence-corrected chi connectivity index (χ1v) is 5.81. The van der Waals surface area contributed by atoms with Crippen LogP contribution in [0.15, 0.2) is 0 Å². The Morgan fingerprint density at radius 1 is 1.29 bits per heavy atom. The van der Waals surface area contributed by atoms with Gasteiger partial charge in [0.25, 0.3) is 0 Å². The highest BCUT2D eigenvalue weighted by Gasteiger charge is 2.34. The number of methoxy groups -OCH3 is 1. The van der Waals surface area contributed by atoms with Crippen LogP contribution in [0.5, 0.6) is 0 Å². The summed E-state index contributed by atoms with van der Waals surface area (Å²) in [5, 5.41) is 6.89. The van der Waals surface area contributed by atoms with E-state index in [9.17, 15) is 0 Å². The number of hydrogen-bond acceptors (Lipinski definition) is 3. The number of rotatable bonds is 9. The highest BCUT2D eigenvalue weighted by molar-refractivity contribution is 4.92. The molecule has 1 fully saturated rings. The van der Waals surface area contributed by atoms with Gasteiger partial charge in [-0.3, -0.25) is 0 Å². The Bertz CT molecular complexity index is 141. The molecule has 0 bridgehead atoms. The zero-order valence-corrected chi connectivity index (χ0v) is 9.51. The lowest BCUT2D eigenvalue weighted by atomic mass is 10.2. The zero-order valence-electron chi connectivity index (χ0n) is 9.51. The standard InChI is InChI=1S/C11H24N2O/c1-3-4-10-9-11(10)13-6-5-12-7-8-14-2/h10-13H,3-9H2,1-2H3. The van der Waals surface area contributed by atoms with Gasteiger partial charge in [0.2, 0.25) is 0 Å². The molecular weight excluding hydrogens is 176 g/mol. The molecule has 0 aromatic heterocycles. The van der Waals surface area contributed by atoms with E-state index in [1.54, 1.807) is 7.11 Å². The molecule has 0 heterocycles. The summed E-state index contributed by atoms with van der Waals surface area (Å²) in [4.78, 5) is 0. The second-order valence-corrected chi connectivity index (χ2v) is 4.09. The summed E-state index contributed by atoms with van der Waals surface area (Å²) in [5.74, 6) is 0.971. The zero-order chi connectivity index (χ0) is 10.2. The van der Waals surface area contributed by atoms with Crippen LogP contribution in [0, 0.1) is 5.92 Å². The fourth-order valence-corrected chi connectivity index (χ4v) is 1.83. The van der Waals surface area contributed by atoms with E-state index in [1.165, 1.54) is 19.3 Å². The van der Waals surface area contributed by atoms with Crippen molar-refractivity contribution in [2.45, 2.75) is 32.2 Å². The Labute approximate surface area is 87.6 Å². The maximum atomic E-state index is 4.95. The van der Waals surface area contributed by atoms with Gasteiger partial charge in [0, 0.05) is 32.8 Å². The monoisotopic (exact) mass is 200 g/mol. The predicted octanol–water partition coefficient (Wildman–Crippen LogP) is 1.00. The van der Waals surface area contributed by atoms with Gasteiger partial charge in [0.05, 0.1) is 6.61 Å². The maximum Gasteiger partial charge on any atom is 0.0587 e. The summed E-state index contributed by atoms with van der Waals surface area (Å²) < 4.78 is 4.95. The Morgan fingerprint density at radius 3 is 2.86 bits per heavy atom. The van der Waals surface area contributed by atoms with Crippen molar-refractivity contribution in [3.63, 3.8) is 0 Å². The van der Waals surface area contributed by atoms with Crippen LogP contribution in [0.4, 0.5) is 0 Å². The van der Waals surface area contributed by atoms with E-state index in [4.69, 9.17) is 4.74 Å². The van der Waals surface area contributed by atoms with Gasteiger partial charge >= 0.3 is 0 Å². The molecule has 2 unspecified atom stereocenters. The van der Waals surface area contributed by atoms with Crippen LogP contribution in [0.25, 0.3) is 0 Å². The summed E-state index contributed by atoms with van der Waals surface area (Å²) in [6.45, 7) is 6.18. The van der Waals surface area contributed by atoms with Gasteiger partial charge in [0.1, 0.15) is 0 Å². The first-order valence-electron chi connectivity index (χ1n) is 5.81. The van der Waals surface area contributed by atoms with Crippen LogP contribution in [-0.4, -0.2) is 39.4 Å². The van der Waals surface area contributed by atoms with Gasteiger partial charge in [-0.2, -0.15) is 0 Å². The molecule has 14 heavy (non-hydrogen) atoms. The number of hydrogen-bond donors (Lipinski definition) is 2. The quantitative estimate of drug-likeness (QED) is 0.545. The molecule has 2 atom stereocenters. The van der Waals surface area contributed by atoms with Gasteiger partial charge in [-0.05, 0) is 18.8 Å². The minimum absolute atomic E-state index is 0.807. The van der Waals surface area contributed by atoms with Crippen LogP contribution >= 0.6 is 0 Å². The largest absolute Gasteiger partial charge is 0.383 e. The van der Waals surface area contributed by atoms with E-state index in [0.717, 1.165) is 38.2 Å². The molecule has 84 valence electrons. The van der Waals surface area contributed by atoms with Gasteiger partial charge in [-0.1, -0.05) is 13.3 Å². The molecule has 3 heteroatoms. The van der Waals surface area contributed by atoms with Gasteiger partial charge in [-0.15, -0.1) is 0 Å². The SMILES string of the molecule is CCCC1CC1NCCNCCOC. The Morgan fingerprint density at radius 2 is 2.14 bits per heavy atom. The lowest BCUT2D eigenvalue weighted by Crippen LogP contribution is -2.31. The van der Waals surface area contributed by atoms with Crippen LogP contribution in [0.2, 0.25) is 0 Å². The van der Waals surface area contributed by atoms with Crippen molar-refractivity contribution in [1.82, 2.24) is 10.6 Å². The van der Waals surface area contributed by atoms with Crippen molar-refractivity contribution in [2.75, 3.05) is 33.4 Å². The molecule has 0 radical (unpaired) electrons. The Balaban J connectivity index is 1.77. The van der Waals surface area contributed by atoms with E-state index in [1.807, 2.05) is 0 Å². The molecule has 2 N–H and O–H groups in total.